The Morgan fingerprint density at radius 3 is 2.33 bits per heavy atom. The van der Waals surface area contributed by atoms with Crippen LogP contribution in [0.2, 0.25) is 0 Å². The van der Waals surface area contributed by atoms with Crippen LogP contribution in [0.4, 0.5) is 4.79 Å². The van der Waals surface area contributed by atoms with Gasteiger partial charge in [-0.2, -0.15) is 0 Å². The van der Waals surface area contributed by atoms with E-state index in [0.717, 1.165) is 0 Å². The zero-order chi connectivity index (χ0) is 16.4. The summed E-state index contributed by atoms with van der Waals surface area (Å²) in [6, 6.07) is 0. The molecule has 0 radical (unpaired) electrons. The molecule has 0 bridgehead atoms. The van der Waals surface area contributed by atoms with Crippen LogP contribution in [-0.2, 0) is 9.47 Å². The summed E-state index contributed by atoms with van der Waals surface area (Å²) in [6.45, 7) is 7.72. The van der Waals surface area contributed by atoms with Gasteiger partial charge in [0.2, 0.25) is 0 Å². The van der Waals surface area contributed by atoms with Gasteiger partial charge in [0.1, 0.15) is 5.60 Å². The molecule has 21 heavy (non-hydrogen) atoms. The molecule has 1 rings (SSSR count). The number of carbonyl (C=O) groups is 1. The molecule has 0 aliphatic carbocycles. The molecular weight excluding hydrogens is 278 g/mol. The lowest BCUT2D eigenvalue weighted by Gasteiger charge is -2.49. The van der Waals surface area contributed by atoms with Crippen LogP contribution in [0.15, 0.2) is 0 Å². The summed E-state index contributed by atoms with van der Waals surface area (Å²) in [6.07, 6.45) is -2.27. The third kappa shape index (κ3) is 4.06. The van der Waals surface area contributed by atoms with Crippen LogP contribution in [-0.4, -0.2) is 58.2 Å². The second-order valence-electron chi connectivity index (χ2n) is 6.65. The van der Waals surface area contributed by atoms with Crippen molar-refractivity contribution in [1.82, 2.24) is 5.32 Å². The number of ether oxygens (including phenoxy) is 2. The van der Waals surface area contributed by atoms with Gasteiger partial charge in [-0.15, -0.1) is 0 Å². The first-order valence-electron chi connectivity index (χ1n) is 7.15. The van der Waals surface area contributed by atoms with Crippen molar-refractivity contribution in [2.24, 2.45) is 11.8 Å². The highest BCUT2D eigenvalue weighted by Gasteiger charge is 2.51. The Morgan fingerprint density at radius 1 is 1.33 bits per heavy atom. The molecule has 1 heterocycles. The SMILES string of the molecule is C[C@H]1[C@@H](O)[C@H](C)[C@@](CO)(NC(=O)OC(C)(C)C)O[C@@H]1CO. The van der Waals surface area contributed by atoms with Gasteiger partial charge in [-0.25, -0.2) is 4.79 Å². The molecule has 1 aliphatic heterocycles. The maximum absolute atomic E-state index is 12.0. The van der Waals surface area contributed by atoms with E-state index >= 15 is 0 Å². The molecule has 0 spiro atoms. The zero-order valence-corrected chi connectivity index (χ0v) is 13.3. The van der Waals surface area contributed by atoms with Gasteiger partial charge < -0.3 is 24.8 Å². The highest BCUT2D eigenvalue weighted by Crippen LogP contribution is 2.36. The van der Waals surface area contributed by atoms with E-state index in [0.29, 0.717) is 0 Å². The topological polar surface area (TPSA) is 108 Å². The molecule has 0 saturated carbocycles. The Balaban J connectivity index is 2.93. The van der Waals surface area contributed by atoms with Crippen LogP contribution in [0.3, 0.4) is 0 Å². The standard InChI is InChI=1S/C14H27NO6/c1-8-10(6-16)20-14(7-17,9(2)11(8)18)15-12(19)21-13(3,4)5/h8-11,16-18H,6-7H2,1-5H3,(H,15,19)/t8-,9+,10-,11-,14+/m1/s1. The smallest absolute Gasteiger partial charge is 0.409 e. The summed E-state index contributed by atoms with van der Waals surface area (Å²) < 4.78 is 10.8. The molecule has 0 aromatic rings. The van der Waals surface area contributed by atoms with Crippen molar-refractivity contribution in [2.75, 3.05) is 13.2 Å². The number of amides is 1. The van der Waals surface area contributed by atoms with Crippen LogP contribution >= 0.6 is 0 Å². The van der Waals surface area contributed by atoms with E-state index in [4.69, 9.17) is 9.47 Å². The van der Waals surface area contributed by atoms with Gasteiger partial charge >= 0.3 is 6.09 Å². The van der Waals surface area contributed by atoms with E-state index in [-0.39, 0.29) is 12.5 Å². The Bertz CT molecular complexity index is 367. The van der Waals surface area contributed by atoms with Gasteiger partial charge in [0.05, 0.1) is 25.4 Å². The van der Waals surface area contributed by atoms with Gasteiger partial charge in [-0.05, 0) is 20.8 Å². The van der Waals surface area contributed by atoms with E-state index in [1.165, 1.54) is 0 Å². The second-order valence-corrected chi connectivity index (χ2v) is 6.65. The van der Waals surface area contributed by atoms with Crippen molar-refractivity contribution < 1.29 is 29.6 Å². The van der Waals surface area contributed by atoms with Crippen molar-refractivity contribution >= 4 is 6.09 Å². The third-order valence-corrected chi connectivity index (χ3v) is 3.86. The van der Waals surface area contributed by atoms with E-state index in [1.54, 1.807) is 34.6 Å². The molecule has 124 valence electrons. The number of nitrogens with one attached hydrogen (secondary N) is 1. The van der Waals surface area contributed by atoms with Gasteiger partial charge in [0, 0.05) is 11.8 Å². The minimum atomic E-state index is -1.48. The molecule has 0 aromatic heterocycles. The average Bonchev–Trinajstić information content (AvgIpc) is 2.37. The van der Waals surface area contributed by atoms with Gasteiger partial charge in [-0.3, -0.25) is 5.32 Å². The predicted octanol–water partition coefficient (Wildman–Crippen LogP) is 0.224. The molecule has 1 amide bonds. The maximum Gasteiger partial charge on any atom is 0.409 e. The number of rotatable bonds is 3. The summed E-state index contributed by atoms with van der Waals surface area (Å²) >= 11 is 0. The lowest BCUT2D eigenvalue weighted by molar-refractivity contribution is -0.251. The molecule has 1 aliphatic rings. The number of aliphatic hydroxyl groups is 3. The van der Waals surface area contributed by atoms with Gasteiger partial charge in [0.15, 0.2) is 5.72 Å². The second kappa shape index (κ2) is 6.48. The fourth-order valence-corrected chi connectivity index (χ4v) is 2.48. The van der Waals surface area contributed by atoms with Crippen LogP contribution < -0.4 is 5.32 Å². The van der Waals surface area contributed by atoms with E-state index in [1.807, 2.05) is 0 Å². The molecule has 1 fully saturated rings. The highest BCUT2D eigenvalue weighted by atomic mass is 16.6. The highest BCUT2D eigenvalue weighted by molar-refractivity contribution is 5.68. The Kier molecular flexibility index (Phi) is 5.60. The summed E-state index contributed by atoms with van der Waals surface area (Å²) in [4.78, 5) is 12.0. The molecule has 4 N–H and O–H groups in total. The van der Waals surface area contributed by atoms with Crippen molar-refractivity contribution in [2.45, 2.75) is 58.2 Å². The number of hydrogen-bond acceptors (Lipinski definition) is 6. The Morgan fingerprint density at radius 2 is 1.90 bits per heavy atom. The Hall–Kier alpha value is -0.890. The lowest BCUT2D eigenvalue weighted by Crippen LogP contribution is -2.67. The number of alkyl carbamates (subject to hydrolysis) is 1. The monoisotopic (exact) mass is 305 g/mol. The number of carbonyl (C=O) groups excluding carboxylic acids is 1. The van der Waals surface area contributed by atoms with Crippen molar-refractivity contribution in [1.29, 1.82) is 0 Å². The normalized spacial score (nSPS) is 37.1. The molecular formula is C14H27NO6. The van der Waals surface area contributed by atoms with Crippen LogP contribution in [0, 0.1) is 11.8 Å². The molecule has 5 atom stereocenters. The zero-order valence-electron chi connectivity index (χ0n) is 13.3. The van der Waals surface area contributed by atoms with Crippen LogP contribution in [0.1, 0.15) is 34.6 Å². The molecule has 0 aromatic carbocycles. The van der Waals surface area contributed by atoms with Crippen LogP contribution in [0.25, 0.3) is 0 Å². The molecule has 7 nitrogen and oxygen atoms in total. The largest absolute Gasteiger partial charge is 0.444 e. The van der Waals surface area contributed by atoms with Crippen molar-refractivity contribution in [3.8, 4) is 0 Å². The van der Waals surface area contributed by atoms with Crippen molar-refractivity contribution in [3.63, 3.8) is 0 Å². The predicted molar refractivity (Wildman–Crippen MR) is 75.5 cm³/mol. The summed E-state index contributed by atoms with van der Waals surface area (Å²) in [5.74, 6) is -0.877. The van der Waals surface area contributed by atoms with E-state index in [9.17, 15) is 20.1 Å². The summed E-state index contributed by atoms with van der Waals surface area (Å²) in [5.41, 5.74) is -2.18. The Labute approximate surface area is 125 Å². The van der Waals surface area contributed by atoms with Gasteiger partial charge in [0.25, 0.3) is 0 Å². The summed E-state index contributed by atoms with van der Waals surface area (Å²) in [5, 5.41) is 31.8. The first-order valence-corrected chi connectivity index (χ1v) is 7.15. The molecule has 0 unspecified atom stereocenters. The van der Waals surface area contributed by atoms with E-state index in [2.05, 4.69) is 5.32 Å². The molecule has 7 heteroatoms. The first-order chi connectivity index (χ1) is 9.56. The maximum atomic E-state index is 12.0. The molecule has 1 saturated heterocycles. The minimum Gasteiger partial charge on any atom is -0.444 e. The quantitative estimate of drug-likeness (QED) is 0.594. The fraction of sp³-hybridized carbons (Fsp3) is 0.929. The number of hydrogen-bond donors (Lipinski definition) is 4. The lowest BCUT2D eigenvalue weighted by atomic mass is 9.79. The first kappa shape index (κ1) is 18.2. The number of aliphatic hydroxyl groups excluding tert-OH is 3. The minimum absolute atomic E-state index is 0.315. The summed E-state index contributed by atoms with van der Waals surface area (Å²) in [7, 11) is 0. The third-order valence-electron chi connectivity index (χ3n) is 3.86. The average molecular weight is 305 g/mol. The van der Waals surface area contributed by atoms with Crippen LogP contribution in [0.5, 0.6) is 0 Å². The van der Waals surface area contributed by atoms with Crippen molar-refractivity contribution in [3.05, 3.63) is 0 Å². The van der Waals surface area contributed by atoms with E-state index < -0.39 is 42.2 Å². The fourth-order valence-electron chi connectivity index (χ4n) is 2.48. The van der Waals surface area contributed by atoms with Gasteiger partial charge in [-0.1, -0.05) is 13.8 Å².